The Kier molecular flexibility index (Phi) is 5.22. The summed E-state index contributed by atoms with van der Waals surface area (Å²) in [5.74, 6) is 1.26. The molecule has 0 saturated heterocycles. The van der Waals surface area contributed by atoms with Gasteiger partial charge in [0.25, 0.3) is 5.91 Å². The van der Waals surface area contributed by atoms with Crippen LogP contribution in [-0.4, -0.2) is 44.5 Å². The zero-order valence-corrected chi connectivity index (χ0v) is 17.6. The summed E-state index contributed by atoms with van der Waals surface area (Å²) < 4.78 is 1.77. The van der Waals surface area contributed by atoms with E-state index in [0.29, 0.717) is 17.9 Å². The molecule has 30 heavy (non-hydrogen) atoms. The standard InChI is InChI=1S/C22H25N7O/c1-5-16-17-13-24-26-18(17)11-12-19(16)28(3)22-25-20(27-29(22)4)14-7-9-15(10-8-14)21(30)23-6-2/h7-13H,5-6H2,1-4H3,(H,23,30)(H,24,26). The number of carbonyl (C=O) groups excluding carboxylic acids is 1. The molecule has 0 aliphatic carbocycles. The molecule has 8 nitrogen and oxygen atoms in total. The van der Waals surface area contributed by atoms with Gasteiger partial charge >= 0.3 is 0 Å². The number of amides is 1. The minimum atomic E-state index is -0.0832. The van der Waals surface area contributed by atoms with Gasteiger partial charge in [0.05, 0.1) is 11.7 Å². The summed E-state index contributed by atoms with van der Waals surface area (Å²) in [5.41, 5.74) is 4.78. The van der Waals surface area contributed by atoms with E-state index in [1.54, 1.807) is 16.8 Å². The van der Waals surface area contributed by atoms with E-state index in [-0.39, 0.29) is 5.91 Å². The predicted molar refractivity (Wildman–Crippen MR) is 118 cm³/mol. The van der Waals surface area contributed by atoms with Crippen LogP contribution in [0.4, 0.5) is 11.6 Å². The molecule has 0 atom stereocenters. The number of anilines is 2. The van der Waals surface area contributed by atoms with Crippen molar-refractivity contribution in [3.63, 3.8) is 0 Å². The number of aromatic amines is 1. The highest BCUT2D eigenvalue weighted by atomic mass is 16.1. The average Bonchev–Trinajstić information content (AvgIpc) is 3.39. The highest BCUT2D eigenvalue weighted by Gasteiger charge is 2.18. The number of aromatic nitrogens is 5. The van der Waals surface area contributed by atoms with Gasteiger partial charge in [0.2, 0.25) is 5.95 Å². The van der Waals surface area contributed by atoms with E-state index in [9.17, 15) is 4.79 Å². The van der Waals surface area contributed by atoms with Crippen LogP contribution in [0.3, 0.4) is 0 Å². The average molecular weight is 403 g/mol. The molecule has 1 amide bonds. The molecule has 0 radical (unpaired) electrons. The minimum Gasteiger partial charge on any atom is -0.352 e. The molecule has 2 N–H and O–H groups in total. The van der Waals surface area contributed by atoms with Crippen LogP contribution in [0, 0.1) is 0 Å². The summed E-state index contributed by atoms with van der Waals surface area (Å²) in [4.78, 5) is 18.8. The number of hydrogen-bond donors (Lipinski definition) is 2. The second kappa shape index (κ2) is 7.98. The lowest BCUT2D eigenvalue weighted by atomic mass is 10.1. The first-order chi connectivity index (χ1) is 14.5. The number of nitrogens with one attached hydrogen (secondary N) is 2. The van der Waals surface area contributed by atoms with E-state index >= 15 is 0 Å². The normalized spacial score (nSPS) is 11.1. The summed E-state index contributed by atoms with van der Waals surface area (Å²) in [6.07, 6.45) is 2.74. The number of aryl methyl sites for hydroxylation is 2. The van der Waals surface area contributed by atoms with E-state index < -0.39 is 0 Å². The summed E-state index contributed by atoms with van der Waals surface area (Å²) >= 11 is 0. The lowest BCUT2D eigenvalue weighted by molar-refractivity contribution is 0.0956. The van der Waals surface area contributed by atoms with Crippen molar-refractivity contribution in [1.29, 1.82) is 0 Å². The molecule has 0 aliphatic rings. The number of carbonyl (C=O) groups is 1. The molecule has 8 heteroatoms. The summed E-state index contributed by atoms with van der Waals surface area (Å²) in [5, 5.41) is 15.7. The van der Waals surface area contributed by atoms with Gasteiger partial charge in [-0.05, 0) is 43.2 Å². The maximum Gasteiger partial charge on any atom is 0.251 e. The molecule has 0 bridgehead atoms. The molecule has 0 fully saturated rings. The summed E-state index contributed by atoms with van der Waals surface area (Å²) in [6, 6.07) is 11.4. The van der Waals surface area contributed by atoms with Gasteiger partial charge in [0.15, 0.2) is 5.82 Å². The molecule has 4 aromatic rings. The number of hydrogen-bond acceptors (Lipinski definition) is 5. The maximum absolute atomic E-state index is 12.0. The second-order valence-corrected chi connectivity index (χ2v) is 7.10. The smallest absolute Gasteiger partial charge is 0.251 e. The van der Waals surface area contributed by atoms with Crippen LogP contribution in [0.5, 0.6) is 0 Å². The molecule has 154 valence electrons. The van der Waals surface area contributed by atoms with Crippen LogP contribution in [0.1, 0.15) is 29.8 Å². The summed E-state index contributed by atoms with van der Waals surface area (Å²) in [6.45, 7) is 4.64. The van der Waals surface area contributed by atoms with E-state index in [1.165, 1.54) is 5.56 Å². The first-order valence-corrected chi connectivity index (χ1v) is 10.0. The Morgan fingerprint density at radius 3 is 2.63 bits per heavy atom. The molecular formula is C22H25N7O. The van der Waals surface area contributed by atoms with Gasteiger partial charge in [-0.25, -0.2) is 4.68 Å². The Morgan fingerprint density at radius 2 is 1.93 bits per heavy atom. The highest BCUT2D eigenvalue weighted by molar-refractivity contribution is 5.94. The quantitative estimate of drug-likeness (QED) is 0.515. The third kappa shape index (κ3) is 3.41. The van der Waals surface area contributed by atoms with E-state index in [2.05, 4.69) is 33.6 Å². The SMILES string of the molecule is CCNC(=O)c1ccc(-c2nc(N(C)c3ccc4[nH]ncc4c3CC)n(C)n2)cc1. The number of benzene rings is 2. The number of nitrogens with zero attached hydrogens (tertiary/aromatic N) is 5. The van der Waals surface area contributed by atoms with Crippen LogP contribution in [0.25, 0.3) is 22.3 Å². The first kappa shape index (κ1) is 19.6. The lowest BCUT2D eigenvalue weighted by Crippen LogP contribution is -2.22. The van der Waals surface area contributed by atoms with Crippen molar-refractivity contribution < 1.29 is 4.79 Å². The summed E-state index contributed by atoms with van der Waals surface area (Å²) in [7, 11) is 3.87. The topological polar surface area (TPSA) is 91.7 Å². The van der Waals surface area contributed by atoms with Gasteiger partial charge in [-0.15, -0.1) is 5.10 Å². The van der Waals surface area contributed by atoms with Gasteiger partial charge in [0.1, 0.15) is 0 Å². The van der Waals surface area contributed by atoms with Gasteiger partial charge in [-0.1, -0.05) is 19.1 Å². The first-order valence-electron chi connectivity index (χ1n) is 10.0. The van der Waals surface area contributed by atoms with E-state index in [1.807, 2.05) is 50.3 Å². The van der Waals surface area contributed by atoms with Crippen molar-refractivity contribution in [3.8, 4) is 11.4 Å². The van der Waals surface area contributed by atoms with Crippen molar-refractivity contribution in [1.82, 2.24) is 30.3 Å². The van der Waals surface area contributed by atoms with Crippen LogP contribution in [0.2, 0.25) is 0 Å². The Hall–Kier alpha value is -3.68. The van der Waals surface area contributed by atoms with Crippen molar-refractivity contribution in [2.75, 3.05) is 18.5 Å². The fourth-order valence-corrected chi connectivity index (χ4v) is 3.68. The van der Waals surface area contributed by atoms with Gasteiger partial charge < -0.3 is 10.2 Å². The zero-order valence-electron chi connectivity index (χ0n) is 17.6. The monoisotopic (exact) mass is 403 g/mol. The van der Waals surface area contributed by atoms with Gasteiger partial charge in [-0.2, -0.15) is 10.1 Å². The van der Waals surface area contributed by atoms with E-state index in [0.717, 1.165) is 34.5 Å². The Bertz CT molecular complexity index is 1190. The fourth-order valence-electron chi connectivity index (χ4n) is 3.68. The van der Waals surface area contributed by atoms with Crippen molar-refractivity contribution in [2.24, 2.45) is 7.05 Å². The van der Waals surface area contributed by atoms with Gasteiger partial charge in [0, 0.05) is 42.8 Å². The molecule has 2 heterocycles. The molecule has 0 saturated carbocycles. The third-order valence-corrected chi connectivity index (χ3v) is 5.21. The number of H-pyrrole nitrogens is 1. The molecule has 0 unspecified atom stereocenters. The minimum absolute atomic E-state index is 0.0832. The molecule has 0 spiro atoms. The Balaban J connectivity index is 1.67. The Labute approximate surface area is 174 Å². The fraction of sp³-hybridized carbons (Fsp3) is 0.273. The van der Waals surface area contributed by atoms with Crippen molar-refractivity contribution >= 4 is 28.4 Å². The lowest BCUT2D eigenvalue weighted by Gasteiger charge is -2.21. The van der Waals surface area contributed by atoms with Crippen LogP contribution >= 0.6 is 0 Å². The molecule has 2 aromatic heterocycles. The van der Waals surface area contributed by atoms with Crippen LogP contribution in [0.15, 0.2) is 42.6 Å². The second-order valence-electron chi connectivity index (χ2n) is 7.10. The van der Waals surface area contributed by atoms with Crippen LogP contribution < -0.4 is 10.2 Å². The molecule has 4 rings (SSSR count). The van der Waals surface area contributed by atoms with Crippen molar-refractivity contribution in [2.45, 2.75) is 20.3 Å². The molecule has 2 aromatic carbocycles. The number of rotatable bonds is 6. The van der Waals surface area contributed by atoms with Gasteiger partial charge in [-0.3, -0.25) is 9.89 Å². The largest absolute Gasteiger partial charge is 0.352 e. The van der Waals surface area contributed by atoms with E-state index in [4.69, 9.17) is 4.98 Å². The number of fused-ring (bicyclic) bond motifs is 1. The maximum atomic E-state index is 12.0. The molecular weight excluding hydrogens is 378 g/mol. The Morgan fingerprint density at radius 1 is 1.17 bits per heavy atom. The van der Waals surface area contributed by atoms with Crippen molar-refractivity contribution in [3.05, 3.63) is 53.7 Å². The van der Waals surface area contributed by atoms with Crippen LogP contribution in [-0.2, 0) is 13.5 Å². The predicted octanol–water partition coefficient (Wildman–Crippen LogP) is 3.44. The zero-order chi connectivity index (χ0) is 21.3. The highest BCUT2D eigenvalue weighted by Crippen LogP contribution is 2.32. The third-order valence-electron chi connectivity index (χ3n) is 5.21. The molecule has 0 aliphatic heterocycles.